The van der Waals surface area contributed by atoms with Gasteiger partial charge in [-0.15, -0.1) is 0 Å². The Kier molecular flexibility index (Phi) is 3.23. The van der Waals surface area contributed by atoms with Crippen LogP contribution in [0.3, 0.4) is 0 Å². The Morgan fingerprint density at radius 2 is 2.00 bits per heavy atom. The molecule has 2 aromatic rings. The molecule has 0 aliphatic heterocycles. The summed E-state index contributed by atoms with van der Waals surface area (Å²) in [6, 6.07) is 0.458. The smallest absolute Gasteiger partial charge is 0.198 e. The summed E-state index contributed by atoms with van der Waals surface area (Å²) in [7, 11) is 0. The Bertz CT molecular complexity index is 502. The molecule has 0 aliphatic rings. The predicted octanol–water partition coefficient (Wildman–Crippen LogP) is 3.26. The molecule has 16 heavy (non-hydrogen) atoms. The number of halogens is 1. The number of aromatic nitrogens is 4. The lowest BCUT2D eigenvalue weighted by atomic mass is 10.2. The molecule has 0 saturated heterocycles. The van der Waals surface area contributed by atoms with Gasteiger partial charge in [-0.2, -0.15) is 0 Å². The predicted molar refractivity (Wildman–Crippen MR) is 67.4 cm³/mol. The summed E-state index contributed by atoms with van der Waals surface area (Å²) in [6.45, 7) is 6.30. The molecular formula is C11H15BrN4. The fourth-order valence-corrected chi connectivity index (χ4v) is 2.12. The van der Waals surface area contributed by atoms with Gasteiger partial charge in [-0.1, -0.05) is 13.8 Å². The third kappa shape index (κ3) is 1.84. The van der Waals surface area contributed by atoms with Gasteiger partial charge in [0.15, 0.2) is 11.3 Å². The van der Waals surface area contributed by atoms with Crippen molar-refractivity contribution in [2.45, 2.75) is 39.7 Å². The van der Waals surface area contributed by atoms with Gasteiger partial charge in [0.1, 0.15) is 4.60 Å². The van der Waals surface area contributed by atoms with Crippen LogP contribution in [0.1, 0.15) is 38.4 Å². The Hall–Kier alpha value is -0.970. The summed E-state index contributed by atoms with van der Waals surface area (Å²) in [6.07, 6.45) is 4.01. The second-order valence-corrected chi connectivity index (χ2v) is 4.62. The van der Waals surface area contributed by atoms with Gasteiger partial charge in [0, 0.05) is 6.04 Å². The summed E-state index contributed by atoms with van der Waals surface area (Å²) in [4.78, 5) is 13.2. The first-order valence-electron chi connectivity index (χ1n) is 5.54. The Morgan fingerprint density at radius 1 is 1.31 bits per heavy atom. The van der Waals surface area contributed by atoms with Crippen molar-refractivity contribution in [3.8, 4) is 0 Å². The van der Waals surface area contributed by atoms with Crippen molar-refractivity contribution in [2.24, 2.45) is 0 Å². The van der Waals surface area contributed by atoms with E-state index in [1.807, 2.05) is 13.3 Å². The Balaban J connectivity index is 2.59. The highest BCUT2D eigenvalue weighted by atomic mass is 79.9. The van der Waals surface area contributed by atoms with Gasteiger partial charge in [-0.25, -0.2) is 15.0 Å². The van der Waals surface area contributed by atoms with Gasteiger partial charge >= 0.3 is 0 Å². The van der Waals surface area contributed by atoms with Crippen molar-refractivity contribution in [2.75, 3.05) is 0 Å². The molecule has 0 aliphatic carbocycles. The highest BCUT2D eigenvalue weighted by Gasteiger charge is 2.13. The number of rotatable bonds is 3. The monoisotopic (exact) mass is 282 g/mol. The fraction of sp³-hybridized carbons (Fsp3) is 0.545. The van der Waals surface area contributed by atoms with Crippen LogP contribution in [0.5, 0.6) is 0 Å². The van der Waals surface area contributed by atoms with Crippen LogP contribution in [0.25, 0.3) is 11.3 Å². The molecule has 0 bridgehead atoms. The van der Waals surface area contributed by atoms with Crippen LogP contribution < -0.4 is 0 Å². The summed E-state index contributed by atoms with van der Waals surface area (Å²) < 4.78 is 2.90. The van der Waals surface area contributed by atoms with E-state index in [1.165, 1.54) is 0 Å². The zero-order valence-corrected chi connectivity index (χ0v) is 11.3. The molecule has 0 radical (unpaired) electrons. The minimum atomic E-state index is 0.458. The van der Waals surface area contributed by atoms with E-state index in [0.29, 0.717) is 11.7 Å². The number of hydrogen-bond acceptors (Lipinski definition) is 3. The van der Waals surface area contributed by atoms with E-state index >= 15 is 0 Å². The standard InChI is InChI=1S/C11H15BrN4/c1-4-8(5-2)16-6-13-10-11(16)14-7(3)9(12)15-10/h6,8H,4-5H2,1-3H3. The van der Waals surface area contributed by atoms with Crippen LogP contribution in [0.15, 0.2) is 10.9 Å². The molecule has 0 N–H and O–H groups in total. The second kappa shape index (κ2) is 4.49. The van der Waals surface area contributed by atoms with Crippen molar-refractivity contribution >= 4 is 27.2 Å². The number of fused-ring (bicyclic) bond motifs is 1. The first-order valence-corrected chi connectivity index (χ1v) is 6.33. The van der Waals surface area contributed by atoms with Crippen LogP contribution in [0, 0.1) is 6.92 Å². The van der Waals surface area contributed by atoms with Gasteiger partial charge in [-0.3, -0.25) is 0 Å². The third-order valence-electron chi connectivity index (χ3n) is 2.86. The lowest BCUT2D eigenvalue weighted by Gasteiger charge is -2.14. The van der Waals surface area contributed by atoms with Crippen LogP contribution in [0.2, 0.25) is 0 Å². The van der Waals surface area contributed by atoms with Crippen LogP contribution in [-0.4, -0.2) is 19.5 Å². The highest BCUT2D eigenvalue weighted by Crippen LogP contribution is 2.22. The minimum Gasteiger partial charge on any atom is -0.311 e. The van der Waals surface area contributed by atoms with E-state index in [9.17, 15) is 0 Å². The molecule has 2 heterocycles. The fourth-order valence-electron chi connectivity index (χ4n) is 1.86. The highest BCUT2D eigenvalue weighted by molar-refractivity contribution is 9.10. The summed E-state index contributed by atoms with van der Waals surface area (Å²) >= 11 is 3.37. The maximum absolute atomic E-state index is 4.54. The van der Waals surface area contributed by atoms with Gasteiger partial charge in [0.05, 0.1) is 12.0 Å². The summed E-state index contributed by atoms with van der Waals surface area (Å²) in [5, 5.41) is 0. The van der Waals surface area contributed by atoms with Crippen LogP contribution in [-0.2, 0) is 0 Å². The number of aryl methyl sites for hydroxylation is 1. The number of nitrogens with zero attached hydrogens (tertiary/aromatic N) is 4. The lowest BCUT2D eigenvalue weighted by molar-refractivity contribution is 0.480. The normalized spacial score (nSPS) is 11.6. The molecule has 0 fully saturated rings. The second-order valence-electron chi connectivity index (χ2n) is 3.87. The molecule has 2 aromatic heterocycles. The van der Waals surface area contributed by atoms with Gasteiger partial charge in [-0.05, 0) is 35.7 Å². The lowest BCUT2D eigenvalue weighted by Crippen LogP contribution is -2.06. The van der Waals surface area contributed by atoms with E-state index in [0.717, 1.165) is 28.8 Å². The van der Waals surface area contributed by atoms with E-state index < -0.39 is 0 Å². The molecule has 0 atom stereocenters. The molecule has 0 spiro atoms. The van der Waals surface area contributed by atoms with Crippen molar-refractivity contribution in [3.05, 3.63) is 16.6 Å². The summed E-state index contributed by atoms with van der Waals surface area (Å²) in [5.74, 6) is 0. The topological polar surface area (TPSA) is 43.6 Å². The molecule has 0 saturated carbocycles. The van der Waals surface area contributed by atoms with Crippen LogP contribution >= 0.6 is 15.9 Å². The summed E-state index contributed by atoms with van der Waals surface area (Å²) in [5.41, 5.74) is 2.50. The van der Waals surface area contributed by atoms with Crippen molar-refractivity contribution in [1.82, 2.24) is 19.5 Å². The van der Waals surface area contributed by atoms with Gasteiger partial charge in [0.25, 0.3) is 0 Å². The van der Waals surface area contributed by atoms with Gasteiger partial charge in [0.2, 0.25) is 0 Å². The molecule has 0 unspecified atom stereocenters. The minimum absolute atomic E-state index is 0.458. The zero-order chi connectivity index (χ0) is 11.7. The maximum atomic E-state index is 4.54. The Morgan fingerprint density at radius 3 is 2.62 bits per heavy atom. The average Bonchev–Trinajstić information content (AvgIpc) is 2.65. The zero-order valence-electron chi connectivity index (χ0n) is 9.74. The first kappa shape index (κ1) is 11.5. The first-order chi connectivity index (χ1) is 7.67. The molecule has 2 rings (SSSR count). The van der Waals surface area contributed by atoms with Gasteiger partial charge < -0.3 is 4.57 Å². The molecule has 0 amide bonds. The largest absolute Gasteiger partial charge is 0.311 e. The van der Waals surface area contributed by atoms with E-state index in [-0.39, 0.29) is 0 Å². The average molecular weight is 283 g/mol. The molecular weight excluding hydrogens is 268 g/mol. The molecule has 86 valence electrons. The Labute approximate surface area is 103 Å². The van der Waals surface area contributed by atoms with E-state index in [4.69, 9.17) is 0 Å². The van der Waals surface area contributed by atoms with Crippen molar-refractivity contribution in [1.29, 1.82) is 0 Å². The quantitative estimate of drug-likeness (QED) is 0.868. The van der Waals surface area contributed by atoms with E-state index in [1.54, 1.807) is 0 Å². The number of hydrogen-bond donors (Lipinski definition) is 0. The van der Waals surface area contributed by atoms with Crippen molar-refractivity contribution in [3.63, 3.8) is 0 Å². The molecule has 5 heteroatoms. The molecule has 4 nitrogen and oxygen atoms in total. The molecule has 0 aromatic carbocycles. The third-order valence-corrected chi connectivity index (χ3v) is 3.61. The SMILES string of the molecule is CCC(CC)n1cnc2nc(Br)c(C)nc21. The van der Waals surface area contributed by atoms with Crippen LogP contribution in [0.4, 0.5) is 0 Å². The van der Waals surface area contributed by atoms with Crippen molar-refractivity contribution < 1.29 is 0 Å². The van der Waals surface area contributed by atoms with E-state index in [2.05, 4.69) is 49.3 Å². The number of imidazole rings is 1. The maximum Gasteiger partial charge on any atom is 0.198 e.